The number of ether oxygens (including phenoxy) is 1. The van der Waals surface area contributed by atoms with Crippen molar-refractivity contribution in [1.82, 2.24) is 15.3 Å². The molecule has 0 spiro atoms. The van der Waals surface area contributed by atoms with Gasteiger partial charge in [0.25, 0.3) is 0 Å². The van der Waals surface area contributed by atoms with Gasteiger partial charge < -0.3 is 10.1 Å². The number of pyridine rings is 1. The molecule has 0 aromatic carbocycles. The topological polar surface area (TPSA) is 47.0 Å². The van der Waals surface area contributed by atoms with E-state index in [0.717, 1.165) is 23.0 Å². The predicted molar refractivity (Wildman–Crippen MR) is 77.3 cm³/mol. The van der Waals surface area contributed by atoms with Gasteiger partial charge in [-0.15, -0.1) is 11.3 Å². The van der Waals surface area contributed by atoms with Crippen LogP contribution >= 0.6 is 11.3 Å². The minimum atomic E-state index is 0.0989. The van der Waals surface area contributed by atoms with E-state index >= 15 is 0 Å². The molecule has 2 aromatic rings. The van der Waals surface area contributed by atoms with Crippen LogP contribution in [0.25, 0.3) is 0 Å². The maximum Gasteiger partial charge on any atom is 0.140 e. The average Bonchev–Trinajstić information content (AvgIpc) is 2.87. The Kier molecular flexibility index (Phi) is 4.50. The van der Waals surface area contributed by atoms with Gasteiger partial charge >= 0.3 is 0 Å². The van der Waals surface area contributed by atoms with Gasteiger partial charge in [0.05, 0.1) is 11.9 Å². The van der Waals surface area contributed by atoms with Crippen LogP contribution in [0.3, 0.4) is 0 Å². The highest BCUT2D eigenvalue weighted by atomic mass is 32.1. The summed E-state index contributed by atoms with van der Waals surface area (Å²) in [6.07, 6.45) is 3.54. The number of hydrogen-bond donors (Lipinski definition) is 1. The van der Waals surface area contributed by atoms with Crippen LogP contribution in [0.4, 0.5) is 0 Å². The molecule has 19 heavy (non-hydrogen) atoms. The van der Waals surface area contributed by atoms with Gasteiger partial charge in [0.1, 0.15) is 17.4 Å². The third kappa shape index (κ3) is 4.96. The summed E-state index contributed by atoms with van der Waals surface area (Å²) in [6.45, 7) is 7.67. The van der Waals surface area contributed by atoms with Gasteiger partial charge in [0, 0.05) is 23.7 Å². The summed E-state index contributed by atoms with van der Waals surface area (Å²) >= 11 is 1.59. The van der Waals surface area contributed by atoms with E-state index in [4.69, 9.17) is 4.74 Å². The van der Waals surface area contributed by atoms with Gasteiger partial charge in [-0.1, -0.05) is 0 Å². The Morgan fingerprint density at radius 1 is 1.26 bits per heavy atom. The predicted octanol–water partition coefficient (Wildman–Crippen LogP) is 3.01. The third-order valence-electron chi connectivity index (χ3n) is 2.44. The zero-order chi connectivity index (χ0) is 13.7. The third-order valence-corrected chi connectivity index (χ3v) is 3.20. The Balaban J connectivity index is 1.84. The lowest BCUT2D eigenvalue weighted by Crippen LogP contribution is -2.35. The van der Waals surface area contributed by atoms with Crippen molar-refractivity contribution < 1.29 is 4.74 Å². The van der Waals surface area contributed by atoms with Crippen molar-refractivity contribution in [3.63, 3.8) is 0 Å². The van der Waals surface area contributed by atoms with Crippen LogP contribution in [0.15, 0.2) is 29.9 Å². The first-order valence-corrected chi connectivity index (χ1v) is 7.12. The van der Waals surface area contributed by atoms with Crippen LogP contribution < -0.4 is 10.1 Å². The molecule has 2 rings (SSSR count). The van der Waals surface area contributed by atoms with E-state index in [-0.39, 0.29) is 5.54 Å². The Labute approximate surface area is 117 Å². The van der Waals surface area contributed by atoms with E-state index in [1.807, 2.05) is 17.5 Å². The van der Waals surface area contributed by atoms with Crippen LogP contribution in [-0.4, -0.2) is 15.5 Å². The molecule has 2 aromatic heterocycles. The van der Waals surface area contributed by atoms with Gasteiger partial charge in [-0.2, -0.15) is 0 Å². The maximum absolute atomic E-state index is 5.62. The monoisotopic (exact) mass is 277 g/mol. The molecule has 0 bridgehead atoms. The zero-order valence-electron chi connectivity index (χ0n) is 11.5. The van der Waals surface area contributed by atoms with Crippen LogP contribution in [0.2, 0.25) is 0 Å². The average molecular weight is 277 g/mol. The number of aromatic nitrogens is 2. The molecule has 2 heterocycles. The van der Waals surface area contributed by atoms with Crippen LogP contribution in [-0.2, 0) is 13.2 Å². The Bertz CT molecular complexity index is 488. The highest BCUT2D eigenvalue weighted by Crippen LogP contribution is 2.13. The van der Waals surface area contributed by atoms with E-state index in [1.165, 1.54) is 0 Å². The highest BCUT2D eigenvalue weighted by Gasteiger charge is 2.08. The summed E-state index contributed by atoms with van der Waals surface area (Å²) in [6, 6.07) is 3.93. The SMILES string of the molecule is CC(C)(C)NCc1ccc(OCc2nccs2)cn1. The molecule has 0 unspecified atom stereocenters. The first-order chi connectivity index (χ1) is 9.03. The van der Waals surface area contributed by atoms with Crippen molar-refractivity contribution in [2.45, 2.75) is 39.5 Å². The summed E-state index contributed by atoms with van der Waals surface area (Å²) in [5, 5.41) is 6.31. The number of nitrogens with zero attached hydrogens (tertiary/aromatic N) is 2. The fourth-order valence-electron chi connectivity index (χ4n) is 1.43. The minimum Gasteiger partial charge on any atom is -0.485 e. The second kappa shape index (κ2) is 6.12. The maximum atomic E-state index is 5.62. The van der Waals surface area contributed by atoms with Crippen LogP contribution in [0, 0.1) is 0 Å². The number of nitrogens with one attached hydrogen (secondary N) is 1. The van der Waals surface area contributed by atoms with Crippen molar-refractivity contribution >= 4 is 11.3 Å². The van der Waals surface area contributed by atoms with Gasteiger partial charge in [0.2, 0.25) is 0 Å². The lowest BCUT2D eigenvalue weighted by atomic mass is 10.1. The van der Waals surface area contributed by atoms with Crippen molar-refractivity contribution in [3.05, 3.63) is 40.6 Å². The molecule has 0 saturated heterocycles. The minimum absolute atomic E-state index is 0.0989. The van der Waals surface area contributed by atoms with E-state index in [1.54, 1.807) is 23.7 Å². The fraction of sp³-hybridized carbons (Fsp3) is 0.429. The molecular weight excluding hydrogens is 258 g/mol. The van der Waals surface area contributed by atoms with Crippen molar-refractivity contribution in [2.75, 3.05) is 0 Å². The summed E-state index contributed by atoms with van der Waals surface area (Å²) < 4.78 is 5.62. The molecule has 0 atom stereocenters. The van der Waals surface area contributed by atoms with Gasteiger partial charge in [0.15, 0.2) is 0 Å². The molecule has 5 heteroatoms. The van der Waals surface area contributed by atoms with Crippen LogP contribution in [0.5, 0.6) is 5.75 Å². The molecule has 0 aliphatic carbocycles. The fourth-order valence-corrected chi connectivity index (χ4v) is 1.95. The Hall–Kier alpha value is -1.46. The molecule has 0 aliphatic rings. The summed E-state index contributed by atoms with van der Waals surface area (Å²) in [4.78, 5) is 8.55. The number of hydrogen-bond acceptors (Lipinski definition) is 5. The molecule has 0 amide bonds. The Morgan fingerprint density at radius 2 is 2.11 bits per heavy atom. The van der Waals surface area contributed by atoms with Crippen LogP contribution in [0.1, 0.15) is 31.5 Å². The largest absolute Gasteiger partial charge is 0.485 e. The highest BCUT2D eigenvalue weighted by molar-refractivity contribution is 7.09. The molecule has 0 saturated carbocycles. The van der Waals surface area contributed by atoms with Gasteiger partial charge in [-0.3, -0.25) is 4.98 Å². The smallest absolute Gasteiger partial charge is 0.140 e. The molecule has 4 nitrogen and oxygen atoms in total. The van der Waals surface area contributed by atoms with Gasteiger partial charge in [-0.05, 0) is 32.9 Å². The van der Waals surface area contributed by atoms with Gasteiger partial charge in [-0.25, -0.2) is 4.98 Å². The summed E-state index contributed by atoms with van der Waals surface area (Å²) in [5.74, 6) is 0.773. The quantitative estimate of drug-likeness (QED) is 0.912. The standard InChI is InChI=1S/C14H19N3OS/c1-14(2,3)17-8-11-4-5-12(9-16-11)18-10-13-15-6-7-19-13/h4-7,9,17H,8,10H2,1-3H3. The molecule has 102 valence electrons. The zero-order valence-corrected chi connectivity index (χ0v) is 12.3. The molecule has 0 radical (unpaired) electrons. The van der Waals surface area contributed by atoms with Crippen molar-refractivity contribution in [1.29, 1.82) is 0 Å². The van der Waals surface area contributed by atoms with E-state index in [2.05, 4.69) is 36.1 Å². The first-order valence-electron chi connectivity index (χ1n) is 6.24. The second-order valence-electron chi connectivity index (χ2n) is 5.30. The number of thiazole rings is 1. The number of rotatable bonds is 5. The summed E-state index contributed by atoms with van der Waals surface area (Å²) in [5.41, 5.74) is 1.11. The lowest BCUT2D eigenvalue weighted by molar-refractivity contribution is 0.304. The summed E-state index contributed by atoms with van der Waals surface area (Å²) in [7, 11) is 0. The van der Waals surface area contributed by atoms with E-state index in [0.29, 0.717) is 6.61 Å². The Morgan fingerprint density at radius 3 is 2.68 bits per heavy atom. The molecule has 1 N–H and O–H groups in total. The van der Waals surface area contributed by atoms with Crippen molar-refractivity contribution in [3.8, 4) is 5.75 Å². The second-order valence-corrected chi connectivity index (χ2v) is 6.28. The van der Waals surface area contributed by atoms with E-state index < -0.39 is 0 Å². The normalized spacial score (nSPS) is 11.5. The molecule has 0 aliphatic heterocycles. The molecular formula is C14H19N3OS. The molecule has 0 fully saturated rings. The lowest BCUT2D eigenvalue weighted by Gasteiger charge is -2.20. The first kappa shape index (κ1) is 14.0. The van der Waals surface area contributed by atoms with Crippen molar-refractivity contribution in [2.24, 2.45) is 0 Å². The van der Waals surface area contributed by atoms with E-state index in [9.17, 15) is 0 Å².